The molecule has 0 bridgehead atoms. The minimum Gasteiger partial charge on any atom is -0.309 e. The van der Waals surface area contributed by atoms with Crippen molar-refractivity contribution in [2.45, 2.75) is 19.5 Å². The quantitative estimate of drug-likeness (QED) is 0.897. The topological polar surface area (TPSA) is 46.2 Å². The molecule has 0 aliphatic carbocycles. The molecule has 0 saturated carbocycles. The van der Waals surface area contributed by atoms with Crippen LogP contribution in [0.15, 0.2) is 18.2 Å². The number of benzene rings is 1. The molecule has 1 aromatic rings. The average molecular weight is 280 g/mol. The van der Waals surface area contributed by atoms with Crippen LogP contribution in [0.4, 0.5) is 4.39 Å². The highest BCUT2D eigenvalue weighted by Gasteiger charge is 2.10. The summed E-state index contributed by atoms with van der Waals surface area (Å²) in [6, 6.07) is 3.97. The molecule has 0 aromatic heterocycles. The van der Waals surface area contributed by atoms with Gasteiger partial charge in [-0.15, -0.1) is 0 Å². The van der Waals surface area contributed by atoms with Crippen LogP contribution in [0.1, 0.15) is 12.5 Å². The zero-order valence-electron chi connectivity index (χ0n) is 9.70. The minimum absolute atomic E-state index is 0.0613. The maximum Gasteiger partial charge on any atom is 0.148 e. The third-order valence-electron chi connectivity index (χ3n) is 2.21. The lowest BCUT2D eigenvalue weighted by atomic mass is 10.2. The zero-order valence-corrected chi connectivity index (χ0v) is 11.3. The molecule has 0 radical (unpaired) electrons. The fourth-order valence-corrected chi connectivity index (χ4v) is 2.72. The third-order valence-corrected chi connectivity index (χ3v) is 3.67. The van der Waals surface area contributed by atoms with E-state index in [2.05, 4.69) is 5.32 Å². The van der Waals surface area contributed by atoms with Crippen molar-refractivity contribution in [1.82, 2.24) is 5.32 Å². The summed E-state index contributed by atoms with van der Waals surface area (Å²) in [7, 11) is -3.00. The van der Waals surface area contributed by atoms with Crippen molar-refractivity contribution in [1.29, 1.82) is 0 Å². The standard InChI is InChI=1S/C11H15ClFNO2S/c1-8(7-17(2,15)16)14-6-9-3-4-10(13)5-11(9)12/h3-5,8,14H,6-7H2,1-2H3. The first-order valence-corrected chi connectivity index (χ1v) is 7.57. The molecule has 0 spiro atoms. The summed E-state index contributed by atoms with van der Waals surface area (Å²) in [4.78, 5) is 0. The van der Waals surface area contributed by atoms with Crippen LogP contribution in [0.5, 0.6) is 0 Å². The Morgan fingerprint density at radius 2 is 2.12 bits per heavy atom. The summed E-state index contributed by atoms with van der Waals surface area (Å²) < 4.78 is 34.9. The predicted octanol–water partition coefficient (Wildman–Crippen LogP) is 2.00. The van der Waals surface area contributed by atoms with E-state index in [-0.39, 0.29) is 17.6 Å². The van der Waals surface area contributed by atoms with Gasteiger partial charge < -0.3 is 5.32 Å². The van der Waals surface area contributed by atoms with Crippen LogP contribution in [0.25, 0.3) is 0 Å². The van der Waals surface area contributed by atoms with E-state index >= 15 is 0 Å². The van der Waals surface area contributed by atoms with Gasteiger partial charge in [-0.05, 0) is 24.6 Å². The maximum atomic E-state index is 12.8. The molecule has 0 fully saturated rings. The van der Waals surface area contributed by atoms with Crippen LogP contribution >= 0.6 is 11.6 Å². The maximum absolute atomic E-state index is 12.8. The second-order valence-electron chi connectivity index (χ2n) is 4.11. The fourth-order valence-electron chi connectivity index (χ4n) is 1.46. The summed E-state index contributed by atoms with van der Waals surface area (Å²) in [5.41, 5.74) is 0.744. The molecule has 1 unspecified atom stereocenters. The molecule has 96 valence electrons. The molecular weight excluding hydrogens is 265 g/mol. The van der Waals surface area contributed by atoms with E-state index in [1.54, 1.807) is 13.0 Å². The minimum atomic E-state index is -3.00. The Morgan fingerprint density at radius 3 is 2.65 bits per heavy atom. The summed E-state index contributed by atoms with van der Waals surface area (Å²) in [5.74, 6) is -0.325. The highest BCUT2D eigenvalue weighted by Crippen LogP contribution is 2.17. The molecule has 0 amide bonds. The van der Waals surface area contributed by atoms with E-state index in [0.717, 1.165) is 5.56 Å². The number of sulfone groups is 1. The summed E-state index contributed by atoms with van der Waals surface area (Å²) in [6.45, 7) is 2.19. The third kappa shape index (κ3) is 5.48. The average Bonchev–Trinajstić information content (AvgIpc) is 2.13. The molecule has 0 heterocycles. The van der Waals surface area contributed by atoms with Crippen LogP contribution in [0.2, 0.25) is 5.02 Å². The highest BCUT2D eigenvalue weighted by atomic mass is 35.5. The van der Waals surface area contributed by atoms with Crippen LogP contribution < -0.4 is 5.32 Å². The van der Waals surface area contributed by atoms with Gasteiger partial charge in [-0.1, -0.05) is 17.7 Å². The van der Waals surface area contributed by atoms with E-state index in [4.69, 9.17) is 11.6 Å². The molecule has 1 N–H and O–H groups in total. The van der Waals surface area contributed by atoms with Crippen molar-refractivity contribution in [2.24, 2.45) is 0 Å². The number of hydrogen-bond acceptors (Lipinski definition) is 3. The van der Waals surface area contributed by atoms with Gasteiger partial charge >= 0.3 is 0 Å². The van der Waals surface area contributed by atoms with Crippen molar-refractivity contribution >= 4 is 21.4 Å². The van der Waals surface area contributed by atoms with Gasteiger partial charge in [-0.2, -0.15) is 0 Å². The first-order chi connectivity index (χ1) is 7.78. The Morgan fingerprint density at radius 1 is 1.47 bits per heavy atom. The van der Waals surface area contributed by atoms with Crippen molar-refractivity contribution in [3.05, 3.63) is 34.6 Å². The molecule has 1 aromatic carbocycles. The Bertz CT molecular complexity index is 490. The SMILES string of the molecule is CC(CS(C)(=O)=O)NCc1ccc(F)cc1Cl. The molecule has 0 aliphatic rings. The van der Waals surface area contributed by atoms with Gasteiger partial charge in [-0.25, -0.2) is 12.8 Å². The first-order valence-electron chi connectivity index (χ1n) is 5.13. The van der Waals surface area contributed by atoms with Gasteiger partial charge in [0.15, 0.2) is 0 Å². The Hall–Kier alpha value is -0.650. The van der Waals surface area contributed by atoms with E-state index < -0.39 is 9.84 Å². The number of rotatable bonds is 5. The highest BCUT2D eigenvalue weighted by molar-refractivity contribution is 7.90. The Labute approximate surface area is 106 Å². The van der Waals surface area contributed by atoms with Gasteiger partial charge in [0.2, 0.25) is 0 Å². The first kappa shape index (κ1) is 14.4. The smallest absolute Gasteiger partial charge is 0.148 e. The monoisotopic (exact) mass is 279 g/mol. The van der Waals surface area contributed by atoms with Gasteiger partial charge in [0.25, 0.3) is 0 Å². The number of hydrogen-bond donors (Lipinski definition) is 1. The van der Waals surface area contributed by atoms with Crippen LogP contribution in [0.3, 0.4) is 0 Å². The Balaban J connectivity index is 2.56. The normalized spacial score (nSPS) is 13.6. The lowest BCUT2D eigenvalue weighted by Crippen LogP contribution is -2.32. The molecule has 1 rings (SSSR count). The van der Waals surface area contributed by atoms with Crippen molar-refractivity contribution in [3.63, 3.8) is 0 Å². The largest absolute Gasteiger partial charge is 0.309 e. The molecule has 3 nitrogen and oxygen atoms in total. The van der Waals surface area contributed by atoms with Gasteiger partial charge in [0.05, 0.1) is 5.75 Å². The zero-order chi connectivity index (χ0) is 13.1. The fraction of sp³-hybridized carbons (Fsp3) is 0.455. The molecule has 1 atom stereocenters. The summed E-state index contributed by atoms with van der Waals surface area (Å²) in [6.07, 6.45) is 1.19. The van der Waals surface area contributed by atoms with E-state index in [9.17, 15) is 12.8 Å². The second-order valence-corrected chi connectivity index (χ2v) is 6.70. The molecule has 6 heteroatoms. The van der Waals surface area contributed by atoms with Gasteiger partial charge in [0, 0.05) is 23.9 Å². The number of nitrogens with one attached hydrogen (secondary N) is 1. The van der Waals surface area contributed by atoms with Crippen molar-refractivity contribution < 1.29 is 12.8 Å². The van der Waals surface area contributed by atoms with Crippen molar-refractivity contribution in [3.8, 4) is 0 Å². The number of halogens is 2. The van der Waals surface area contributed by atoms with E-state index in [1.807, 2.05) is 0 Å². The van der Waals surface area contributed by atoms with Crippen LogP contribution in [0, 0.1) is 5.82 Å². The Kier molecular flexibility index (Phi) is 4.91. The molecular formula is C11H15ClFNO2S. The predicted molar refractivity (Wildman–Crippen MR) is 67.4 cm³/mol. The van der Waals surface area contributed by atoms with Crippen molar-refractivity contribution in [2.75, 3.05) is 12.0 Å². The lowest BCUT2D eigenvalue weighted by Gasteiger charge is -2.13. The van der Waals surface area contributed by atoms with Crippen LogP contribution in [-0.4, -0.2) is 26.5 Å². The summed E-state index contributed by atoms with van der Waals surface area (Å²) in [5, 5.41) is 3.37. The molecule has 0 saturated heterocycles. The second kappa shape index (κ2) is 5.80. The van der Waals surface area contributed by atoms with Gasteiger partial charge in [0.1, 0.15) is 15.7 Å². The van der Waals surface area contributed by atoms with E-state index in [0.29, 0.717) is 11.6 Å². The van der Waals surface area contributed by atoms with Crippen LogP contribution in [-0.2, 0) is 16.4 Å². The molecule has 0 aliphatic heterocycles. The summed E-state index contributed by atoms with van der Waals surface area (Å²) >= 11 is 5.85. The lowest BCUT2D eigenvalue weighted by molar-refractivity contribution is 0.559. The van der Waals surface area contributed by atoms with Gasteiger partial charge in [-0.3, -0.25) is 0 Å². The molecule has 17 heavy (non-hydrogen) atoms. The van der Waals surface area contributed by atoms with E-state index in [1.165, 1.54) is 18.4 Å².